The van der Waals surface area contributed by atoms with Crippen molar-refractivity contribution in [2.45, 2.75) is 6.42 Å². The fourth-order valence-electron chi connectivity index (χ4n) is 2.95. The first kappa shape index (κ1) is 17.3. The van der Waals surface area contributed by atoms with Gasteiger partial charge in [0.15, 0.2) is 5.76 Å². The standard InChI is InChI=1S/C22H17ClN2O2/c23-18-9-6-15(7-10-18)12-13-24-22(26)17-8-11-20-19(14-17)21(27-25-20)16-4-2-1-3-5-16/h1-11,14H,12-13H2,(H,24,26). The van der Waals surface area contributed by atoms with E-state index in [1.54, 1.807) is 12.1 Å². The van der Waals surface area contributed by atoms with Crippen LogP contribution >= 0.6 is 11.6 Å². The number of aromatic nitrogens is 1. The van der Waals surface area contributed by atoms with Crippen LogP contribution < -0.4 is 5.32 Å². The molecule has 1 amide bonds. The first-order valence-electron chi connectivity index (χ1n) is 8.68. The van der Waals surface area contributed by atoms with Crippen LogP contribution in [0.4, 0.5) is 0 Å². The van der Waals surface area contributed by atoms with Crippen molar-refractivity contribution in [1.82, 2.24) is 10.5 Å². The number of nitrogens with one attached hydrogen (secondary N) is 1. The fourth-order valence-corrected chi connectivity index (χ4v) is 3.08. The van der Waals surface area contributed by atoms with Crippen LogP contribution in [0.3, 0.4) is 0 Å². The van der Waals surface area contributed by atoms with Gasteiger partial charge in [-0.3, -0.25) is 4.79 Å². The number of carbonyl (C=O) groups excluding carboxylic acids is 1. The predicted molar refractivity (Wildman–Crippen MR) is 107 cm³/mol. The third-order valence-electron chi connectivity index (χ3n) is 4.39. The van der Waals surface area contributed by atoms with Gasteiger partial charge in [0.2, 0.25) is 0 Å². The Morgan fingerprint density at radius 1 is 1.00 bits per heavy atom. The molecule has 27 heavy (non-hydrogen) atoms. The topological polar surface area (TPSA) is 55.1 Å². The maximum absolute atomic E-state index is 12.5. The van der Waals surface area contributed by atoms with E-state index in [0.29, 0.717) is 22.9 Å². The average molecular weight is 377 g/mol. The largest absolute Gasteiger partial charge is 0.355 e. The van der Waals surface area contributed by atoms with Crippen molar-refractivity contribution in [3.05, 3.63) is 88.9 Å². The van der Waals surface area contributed by atoms with Gasteiger partial charge in [0.1, 0.15) is 5.52 Å². The van der Waals surface area contributed by atoms with Crippen LogP contribution in [-0.2, 0) is 6.42 Å². The van der Waals surface area contributed by atoms with Gasteiger partial charge in [0.25, 0.3) is 5.91 Å². The summed E-state index contributed by atoms with van der Waals surface area (Å²) < 4.78 is 5.49. The van der Waals surface area contributed by atoms with Crippen molar-refractivity contribution in [2.75, 3.05) is 6.54 Å². The lowest BCUT2D eigenvalue weighted by Gasteiger charge is -2.06. The van der Waals surface area contributed by atoms with Gasteiger partial charge in [-0.2, -0.15) is 0 Å². The van der Waals surface area contributed by atoms with E-state index < -0.39 is 0 Å². The number of rotatable bonds is 5. The Bertz CT molecular complexity index is 1070. The predicted octanol–water partition coefficient (Wildman–Crippen LogP) is 5.12. The molecule has 0 aliphatic rings. The van der Waals surface area contributed by atoms with Crippen LogP contribution in [0.1, 0.15) is 15.9 Å². The van der Waals surface area contributed by atoms with E-state index in [1.807, 2.05) is 60.7 Å². The fraction of sp³-hybridized carbons (Fsp3) is 0.0909. The molecule has 0 saturated carbocycles. The van der Waals surface area contributed by atoms with E-state index >= 15 is 0 Å². The Hall–Kier alpha value is -3.11. The summed E-state index contributed by atoms with van der Waals surface area (Å²) in [6, 6.07) is 22.8. The van der Waals surface area contributed by atoms with E-state index in [1.165, 1.54) is 0 Å². The van der Waals surface area contributed by atoms with Crippen molar-refractivity contribution in [2.24, 2.45) is 0 Å². The second kappa shape index (κ2) is 7.64. The number of carbonyl (C=O) groups is 1. The molecule has 0 radical (unpaired) electrons. The number of amides is 1. The lowest BCUT2D eigenvalue weighted by molar-refractivity contribution is 0.0954. The van der Waals surface area contributed by atoms with Gasteiger partial charge >= 0.3 is 0 Å². The van der Waals surface area contributed by atoms with Gasteiger partial charge in [0.05, 0.1) is 5.39 Å². The molecule has 0 fully saturated rings. The van der Waals surface area contributed by atoms with Crippen molar-refractivity contribution in [1.29, 1.82) is 0 Å². The minimum absolute atomic E-state index is 0.119. The van der Waals surface area contributed by atoms with Gasteiger partial charge in [-0.05, 0) is 42.3 Å². The zero-order valence-corrected chi connectivity index (χ0v) is 15.2. The summed E-state index contributed by atoms with van der Waals surface area (Å²) in [7, 11) is 0. The molecule has 1 aromatic heterocycles. The molecule has 0 aliphatic heterocycles. The number of fused-ring (bicyclic) bond motifs is 1. The Labute approximate surface area is 161 Å². The highest BCUT2D eigenvalue weighted by molar-refractivity contribution is 6.30. The molecule has 1 heterocycles. The van der Waals surface area contributed by atoms with E-state index in [2.05, 4.69) is 10.5 Å². The monoisotopic (exact) mass is 376 g/mol. The molecule has 4 aromatic rings. The lowest BCUT2D eigenvalue weighted by atomic mass is 10.1. The summed E-state index contributed by atoms with van der Waals surface area (Å²) in [5.41, 5.74) is 3.37. The summed E-state index contributed by atoms with van der Waals surface area (Å²) >= 11 is 5.89. The van der Waals surface area contributed by atoms with Crippen LogP contribution in [-0.4, -0.2) is 17.6 Å². The van der Waals surface area contributed by atoms with Crippen molar-refractivity contribution >= 4 is 28.4 Å². The first-order valence-corrected chi connectivity index (χ1v) is 9.06. The third-order valence-corrected chi connectivity index (χ3v) is 4.64. The summed E-state index contributed by atoms with van der Waals surface area (Å²) in [4.78, 5) is 12.5. The van der Waals surface area contributed by atoms with E-state index in [0.717, 1.165) is 28.5 Å². The zero-order chi connectivity index (χ0) is 18.6. The molecule has 1 N–H and O–H groups in total. The number of nitrogens with zero attached hydrogens (tertiary/aromatic N) is 1. The molecule has 0 atom stereocenters. The molecular formula is C22H17ClN2O2. The molecule has 0 unspecified atom stereocenters. The van der Waals surface area contributed by atoms with Gasteiger partial charge in [-0.1, -0.05) is 59.2 Å². The summed E-state index contributed by atoms with van der Waals surface area (Å²) in [5.74, 6) is 0.549. The Morgan fingerprint density at radius 2 is 1.78 bits per heavy atom. The minimum Gasteiger partial charge on any atom is -0.355 e. The number of halogens is 1. The van der Waals surface area contributed by atoms with Gasteiger partial charge in [0, 0.05) is 22.7 Å². The second-order valence-corrected chi connectivity index (χ2v) is 6.68. The number of benzene rings is 3. The summed E-state index contributed by atoms with van der Waals surface area (Å²) in [5, 5.41) is 8.58. The molecule has 0 bridgehead atoms. The average Bonchev–Trinajstić information content (AvgIpc) is 3.13. The van der Waals surface area contributed by atoms with Crippen molar-refractivity contribution < 1.29 is 9.32 Å². The van der Waals surface area contributed by atoms with Gasteiger partial charge in [-0.15, -0.1) is 0 Å². The van der Waals surface area contributed by atoms with Crippen LogP contribution in [0.25, 0.3) is 22.2 Å². The Balaban J connectivity index is 1.49. The van der Waals surface area contributed by atoms with E-state index in [-0.39, 0.29) is 5.91 Å². The van der Waals surface area contributed by atoms with Gasteiger partial charge in [-0.25, -0.2) is 0 Å². The van der Waals surface area contributed by atoms with Crippen molar-refractivity contribution in [3.63, 3.8) is 0 Å². The molecule has 4 rings (SSSR count). The molecule has 3 aromatic carbocycles. The molecule has 134 valence electrons. The van der Waals surface area contributed by atoms with E-state index in [9.17, 15) is 4.79 Å². The normalized spacial score (nSPS) is 10.9. The summed E-state index contributed by atoms with van der Waals surface area (Å²) in [6.07, 6.45) is 0.744. The second-order valence-electron chi connectivity index (χ2n) is 6.24. The molecule has 0 spiro atoms. The molecule has 0 saturated heterocycles. The Kier molecular flexibility index (Phi) is 4.90. The third kappa shape index (κ3) is 3.86. The summed E-state index contributed by atoms with van der Waals surface area (Å²) in [6.45, 7) is 0.549. The van der Waals surface area contributed by atoms with Crippen LogP contribution in [0, 0.1) is 0 Å². The molecule has 0 aliphatic carbocycles. The Morgan fingerprint density at radius 3 is 2.56 bits per heavy atom. The molecule has 4 nitrogen and oxygen atoms in total. The highest BCUT2D eigenvalue weighted by Gasteiger charge is 2.13. The molecular weight excluding hydrogens is 360 g/mol. The van der Waals surface area contributed by atoms with Crippen LogP contribution in [0.15, 0.2) is 77.3 Å². The highest BCUT2D eigenvalue weighted by Crippen LogP contribution is 2.29. The first-order chi connectivity index (χ1) is 13.2. The van der Waals surface area contributed by atoms with Gasteiger partial charge < -0.3 is 9.84 Å². The van der Waals surface area contributed by atoms with Crippen LogP contribution in [0.2, 0.25) is 5.02 Å². The maximum atomic E-state index is 12.5. The van der Waals surface area contributed by atoms with Crippen LogP contribution in [0.5, 0.6) is 0 Å². The lowest BCUT2D eigenvalue weighted by Crippen LogP contribution is -2.25. The quantitative estimate of drug-likeness (QED) is 0.526. The van der Waals surface area contributed by atoms with Crippen molar-refractivity contribution in [3.8, 4) is 11.3 Å². The number of hydrogen-bond acceptors (Lipinski definition) is 3. The minimum atomic E-state index is -0.119. The maximum Gasteiger partial charge on any atom is 0.251 e. The zero-order valence-electron chi connectivity index (χ0n) is 14.5. The van der Waals surface area contributed by atoms with E-state index in [4.69, 9.17) is 16.1 Å². The smallest absolute Gasteiger partial charge is 0.251 e. The SMILES string of the molecule is O=C(NCCc1ccc(Cl)cc1)c1ccc2noc(-c3ccccc3)c2c1. The molecule has 5 heteroatoms. The highest BCUT2D eigenvalue weighted by atomic mass is 35.5. The number of hydrogen-bond donors (Lipinski definition) is 1.